The van der Waals surface area contributed by atoms with Crippen molar-refractivity contribution in [1.82, 2.24) is 36.2 Å². The van der Waals surface area contributed by atoms with Crippen molar-refractivity contribution in [3.63, 3.8) is 0 Å². The molecule has 0 saturated carbocycles. The highest BCUT2D eigenvalue weighted by molar-refractivity contribution is 5.89. The Labute approximate surface area is 119 Å². The second-order valence-electron chi connectivity index (χ2n) is 4.45. The number of hydrogen-bond acceptors (Lipinski definition) is 6. The first kappa shape index (κ1) is 14.7. The summed E-state index contributed by atoms with van der Waals surface area (Å²) >= 11 is 0. The fraction of sp³-hybridized carbons (Fsp3) is 0.600. The summed E-state index contributed by atoms with van der Waals surface area (Å²) in [7, 11) is 0. The molecule has 0 radical (unpaired) electrons. The second-order valence-corrected chi connectivity index (χ2v) is 4.45. The minimum atomic E-state index is -1.28. The molecule has 0 aliphatic carbocycles. The topological polar surface area (TPSA) is 153 Å². The summed E-state index contributed by atoms with van der Waals surface area (Å²) in [6.45, 7) is 0.200. The molecule has 21 heavy (non-hydrogen) atoms. The number of hydrogen-bond donors (Lipinski definition) is 4. The molecule has 1 aliphatic heterocycles. The predicted molar refractivity (Wildman–Crippen MR) is 66.8 cm³/mol. The van der Waals surface area contributed by atoms with Crippen LogP contribution >= 0.6 is 0 Å². The van der Waals surface area contributed by atoms with E-state index >= 15 is 0 Å². The van der Waals surface area contributed by atoms with Gasteiger partial charge in [0.25, 0.3) is 0 Å². The van der Waals surface area contributed by atoms with Gasteiger partial charge in [-0.25, -0.2) is 4.79 Å². The number of rotatable bonds is 5. The largest absolute Gasteiger partial charge is 0.465 e. The van der Waals surface area contributed by atoms with Gasteiger partial charge in [0.1, 0.15) is 12.6 Å². The van der Waals surface area contributed by atoms with Crippen molar-refractivity contribution in [2.45, 2.75) is 25.4 Å². The number of nitrogens with one attached hydrogen (secondary N) is 3. The van der Waals surface area contributed by atoms with E-state index < -0.39 is 18.0 Å². The summed E-state index contributed by atoms with van der Waals surface area (Å²) in [6, 6.07) is -0.597. The van der Waals surface area contributed by atoms with Crippen LogP contribution < -0.4 is 10.6 Å². The van der Waals surface area contributed by atoms with Crippen molar-refractivity contribution >= 4 is 17.9 Å². The number of carboxylic acid groups (broad SMARTS) is 1. The Morgan fingerprint density at radius 3 is 2.86 bits per heavy atom. The maximum absolute atomic E-state index is 12.1. The molecule has 4 N–H and O–H groups in total. The number of tetrazole rings is 1. The van der Waals surface area contributed by atoms with Gasteiger partial charge >= 0.3 is 6.09 Å². The van der Waals surface area contributed by atoms with E-state index in [-0.39, 0.29) is 19.0 Å². The molecule has 1 fully saturated rings. The van der Waals surface area contributed by atoms with Crippen LogP contribution in [0.1, 0.15) is 18.7 Å². The van der Waals surface area contributed by atoms with E-state index in [4.69, 9.17) is 5.11 Å². The van der Waals surface area contributed by atoms with Crippen molar-refractivity contribution < 1.29 is 19.5 Å². The fourth-order valence-electron chi connectivity index (χ4n) is 2.13. The second kappa shape index (κ2) is 6.63. The highest BCUT2D eigenvalue weighted by Gasteiger charge is 2.33. The van der Waals surface area contributed by atoms with Crippen molar-refractivity contribution in [2.75, 3.05) is 13.1 Å². The monoisotopic (exact) mass is 297 g/mol. The maximum atomic E-state index is 12.1. The highest BCUT2D eigenvalue weighted by Crippen LogP contribution is 2.17. The van der Waals surface area contributed by atoms with Gasteiger partial charge < -0.3 is 20.6 Å². The van der Waals surface area contributed by atoms with Gasteiger partial charge in [0.2, 0.25) is 11.8 Å². The third-order valence-corrected chi connectivity index (χ3v) is 3.08. The number of nitrogens with zero attached hydrogens (tertiary/aromatic N) is 4. The van der Waals surface area contributed by atoms with Gasteiger partial charge in [-0.15, -0.1) is 10.2 Å². The molecule has 1 saturated heterocycles. The van der Waals surface area contributed by atoms with Gasteiger partial charge in [0.05, 0.1) is 6.54 Å². The van der Waals surface area contributed by atoms with Crippen molar-refractivity contribution in [2.24, 2.45) is 0 Å². The van der Waals surface area contributed by atoms with Crippen molar-refractivity contribution in [1.29, 1.82) is 0 Å². The lowest BCUT2D eigenvalue weighted by Gasteiger charge is -2.23. The Hall–Kier alpha value is -2.72. The molecule has 11 heteroatoms. The number of aromatic amines is 1. The normalized spacial score (nSPS) is 17.5. The Morgan fingerprint density at radius 2 is 2.19 bits per heavy atom. The molecule has 1 aromatic heterocycles. The zero-order valence-corrected chi connectivity index (χ0v) is 11.1. The standard InChI is InChI=1S/C10H15N7O4/c18-8(5-12-10(20)21)17-3-1-2-6(17)9(19)11-4-7-13-15-16-14-7/h6,12H,1-5H2,(H,11,19)(H,20,21)(H,13,14,15,16). The predicted octanol–water partition coefficient (Wildman–Crippen LogP) is -1.93. The Balaban J connectivity index is 1.86. The fourth-order valence-corrected chi connectivity index (χ4v) is 2.13. The number of amides is 3. The molecule has 0 aromatic carbocycles. The van der Waals surface area contributed by atoms with Gasteiger partial charge in [-0.3, -0.25) is 9.59 Å². The summed E-state index contributed by atoms with van der Waals surface area (Å²) < 4.78 is 0. The van der Waals surface area contributed by atoms with E-state index in [9.17, 15) is 14.4 Å². The Kier molecular flexibility index (Phi) is 4.64. The summed E-state index contributed by atoms with van der Waals surface area (Å²) in [6.07, 6.45) is -0.0450. The Morgan fingerprint density at radius 1 is 1.38 bits per heavy atom. The molecule has 2 heterocycles. The molecule has 1 aliphatic rings. The van der Waals surface area contributed by atoms with Gasteiger partial charge in [0.15, 0.2) is 5.82 Å². The molecular formula is C10H15N7O4. The van der Waals surface area contributed by atoms with E-state index in [2.05, 4.69) is 25.9 Å². The number of carbonyl (C=O) groups is 3. The van der Waals surface area contributed by atoms with Gasteiger partial charge in [0, 0.05) is 6.54 Å². The molecule has 1 atom stereocenters. The first-order chi connectivity index (χ1) is 10.1. The van der Waals surface area contributed by atoms with E-state index in [0.717, 1.165) is 0 Å². The lowest BCUT2D eigenvalue weighted by molar-refractivity contribution is -0.137. The smallest absolute Gasteiger partial charge is 0.405 e. The van der Waals surface area contributed by atoms with Crippen LogP contribution in [-0.4, -0.2) is 67.7 Å². The van der Waals surface area contributed by atoms with Crippen molar-refractivity contribution in [3.05, 3.63) is 5.82 Å². The lowest BCUT2D eigenvalue weighted by Crippen LogP contribution is -2.48. The quantitative estimate of drug-likeness (QED) is 0.493. The molecule has 1 unspecified atom stereocenters. The summed E-state index contributed by atoms with van der Waals surface area (Å²) in [4.78, 5) is 35.7. The van der Waals surface area contributed by atoms with Gasteiger partial charge in [-0.05, 0) is 12.8 Å². The Bertz CT molecular complexity index is 517. The average Bonchev–Trinajstić information content (AvgIpc) is 3.12. The molecule has 1 aromatic rings. The number of H-pyrrole nitrogens is 1. The average molecular weight is 297 g/mol. The molecular weight excluding hydrogens is 282 g/mol. The summed E-state index contributed by atoms with van der Waals surface area (Å²) in [5.41, 5.74) is 0. The molecule has 11 nitrogen and oxygen atoms in total. The SMILES string of the molecule is O=C(O)NCC(=O)N1CCCC1C(=O)NCc1nn[nH]n1. The minimum Gasteiger partial charge on any atom is -0.465 e. The number of likely N-dealkylation sites (tertiary alicyclic amines) is 1. The molecule has 3 amide bonds. The zero-order valence-electron chi connectivity index (χ0n) is 11.1. The van der Waals surface area contributed by atoms with Gasteiger partial charge in [-0.1, -0.05) is 5.21 Å². The molecule has 0 spiro atoms. The van der Waals surface area contributed by atoms with Crippen LogP contribution in [0.5, 0.6) is 0 Å². The van der Waals surface area contributed by atoms with E-state index in [0.29, 0.717) is 25.2 Å². The number of carbonyl (C=O) groups excluding carboxylic acids is 2. The van der Waals surface area contributed by atoms with E-state index in [1.165, 1.54) is 4.90 Å². The molecule has 114 valence electrons. The van der Waals surface area contributed by atoms with E-state index in [1.54, 1.807) is 0 Å². The highest BCUT2D eigenvalue weighted by atomic mass is 16.4. The molecule has 0 bridgehead atoms. The lowest BCUT2D eigenvalue weighted by atomic mass is 10.2. The van der Waals surface area contributed by atoms with Crippen LogP contribution in [-0.2, 0) is 16.1 Å². The summed E-state index contributed by atoms with van der Waals surface area (Å²) in [5.74, 6) is -0.401. The first-order valence-corrected chi connectivity index (χ1v) is 6.34. The van der Waals surface area contributed by atoms with Crippen LogP contribution in [0.2, 0.25) is 0 Å². The van der Waals surface area contributed by atoms with Crippen LogP contribution in [0.25, 0.3) is 0 Å². The first-order valence-electron chi connectivity index (χ1n) is 6.34. The van der Waals surface area contributed by atoms with Crippen LogP contribution in [0, 0.1) is 0 Å². The zero-order chi connectivity index (χ0) is 15.2. The van der Waals surface area contributed by atoms with E-state index in [1.807, 2.05) is 5.32 Å². The molecule has 2 rings (SSSR count). The van der Waals surface area contributed by atoms with Crippen LogP contribution in [0.3, 0.4) is 0 Å². The van der Waals surface area contributed by atoms with Gasteiger partial charge in [-0.2, -0.15) is 5.21 Å². The third kappa shape index (κ3) is 3.87. The third-order valence-electron chi connectivity index (χ3n) is 3.08. The van der Waals surface area contributed by atoms with Crippen molar-refractivity contribution in [3.8, 4) is 0 Å². The maximum Gasteiger partial charge on any atom is 0.405 e. The number of aromatic nitrogens is 4. The summed E-state index contributed by atoms with van der Waals surface area (Å²) in [5, 5.41) is 26.1. The van der Waals surface area contributed by atoms with Crippen LogP contribution in [0.15, 0.2) is 0 Å². The minimum absolute atomic E-state index is 0.112. The van der Waals surface area contributed by atoms with Crippen LogP contribution in [0.4, 0.5) is 4.79 Å².